The van der Waals surface area contributed by atoms with Crippen LogP contribution in [0.4, 0.5) is 5.82 Å². The number of aromatic nitrogens is 1. The molecule has 0 saturated heterocycles. The number of nitrogens with zero attached hydrogens (tertiary/aromatic N) is 2. The molecule has 0 saturated carbocycles. The Balaban J connectivity index is 2.00. The van der Waals surface area contributed by atoms with Gasteiger partial charge >= 0.3 is 0 Å². The highest BCUT2D eigenvalue weighted by Gasteiger charge is 2.16. The molecule has 1 aromatic rings. The van der Waals surface area contributed by atoms with Gasteiger partial charge < -0.3 is 5.32 Å². The number of nitrogens with one attached hydrogen (secondary N) is 1. The van der Waals surface area contributed by atoms with E-state index >= 15 is 0 Å². The molecule has 1 N–H and O–H groups in total. The molecule has 114 valence electrons. The van der Waals surface area contributed by atoms with E-state index in [4.69, 9.17) is 4.98 Å². The minimum Gasteiger partial charge on any atom is -0.367 e. The number of fused-ring (bicyclic) bond motifs is 1. The smallest absolute Gasteiger partial charge is 0.144 e. The van der Waals surface area contributed by atoms with Crippen LogP contribution in [0.2, 0.25) is 0 Å². The Hall–Kier alpha value is -1.56. The zero-order chi connectivity index (χ0) is 15.1. The standard InChI is InChI=1S/C18H27N3/c1-3-4-5-6-9-14(2)20-18-16(13-19)12-15-10-7-8-11-17(15)21-18/h12,14H,3-11H2,1-2H3,(H,20,21). The number of anilines is 1. The van der Waals surface area contributed by atoms with Crippen LogP contribution in [-0.4, -0.2) is 11.0 Å². The largest absolute Gasteiger partial charge is 0.367 e. The maximum Gasteiger partial charge on any atom is 0.144 e. The first-order valence-electron chi connectivity index (χ1n) is 8.44. The van der Waals surface area contributed by atoms with Gasteiger partial charge in [-0.15, -0.1) is 0 Å². The van der Waals surface area contributed by atoms with Crippen LogP contribution in [0.1, 0.15) is 75.6 Å². The summed E-state index contributed by atoms with van der Waals surface area (Å²) >= 11 is 0. The Morgan fingerprint density at radius 2 is 2.10 bits per heavy atom. The van der Waals surface area contributed by atoms with Gasteiger partial charge in [-0.3, -0.25) is 0 Å². The summed E-state index contributed by atoms with van der Waals surface area (Å²) in [7, 11) is 0. The fourth-order valence-corrected chi connectivity index (χ4v) is 3.01. The lowest BCUT2D eigenvalue weighted by atomic mass is 9.95. The number of hydrogen-bond acceptors (Lipinski definition) is 3. The number of unbranched alkanes of at least 4 members (excludes halogenated alkanes) is 3. The Kier molecular flexibility index (Phi) is 6.04. The molecule has 1 unspecified atom stereocenters. The van der Waals surface area contributed by atoms with Gasteiger partial charge in [0.05, 0.1) is 5.56 Å². The Morgan fingerprint density at radius 3 is 2.86 bits per heavy atom. The summed E-state index contributed by atoms with van der Waals surface area (Å²) in [6.07, 6.45) is 10.8. The van der Waals surface area contributed by atoms with Gasteiger partial charge in [0, 0.05) is 11.7 Å². The van der Waals surface area contributed by atoms with Crippen molar-refractivity contribution in [3.8, 4) is 6.07 Å². The number of pyridine rings is 1. The van der Waals surface area contributed by atoms with Crippen LogP contribution in [0, 0.1) is 11.3 Å². The predicted octanol–water partition coefficient (Wildman–Crippen LogP) is 4.60. The maximum absolute atomic E-state index is 9.35. The van der Waals surface area contributed by atoms with Crippen molar-refractivity contribution in [3.05, 3.63) is 22.9 Å². The highest BCUT2D eigenvalue weighted by molar-refractivity contribution is 5.55. The molecule has 21 heavy (non-hydrogen) atoms. The average molecular weight is 285 g/mol. The Bertz CT molecular complexity index is 502. The molecule has 3 heteroatoms. The monoisotopic (exact) mass is 285 g/mol. The minimum absolute atomic E-state index is 0.378. The zero-order valence-electron chi connectivity index (χ0n) is 13.4. The van der Waals surface area contributed by atoms with Crippen molar-refractivity contribution in [1.29, 1.82) is 5.26 Å². The first-order chi connectivity index (χ1) is 10.2. The molecule has 0 radical (unpaired) electrons. The molecule has 1 aliphatic rings. The lowest BCUT2D eigenvalue weighted by molar-refractivity contribution is 0.592. The molecule has 1 atom stereocenters. The van der Waals surface area contributed by atoms with E-state index in [2.05, 4.69) is 25.2 Å². The van der Waals surface area contributed by atoms with Gasteiger partial charge in [0.2, 0.25) is 0 Å². The number of hydrogen-bond donors (Lipinski definition) is 1. The second-order valence-corrected chi connectivity index (χ2v) is 6.20. The van der Waals surface area contributed by atoms with Gasteiger partial charge in [-0.1, -0.05) is 32.6 Å². The van der Waals surface area contributed by atoms with Crippen molar-refractivity contribution < 1.29 is 0 Å². The fraction of sp³-hybridized carbons (Fsp3) is 0.667. The van der Waals surface area contributed by atoms with E-state index in [1.54, 1.807) is 0 Å². The number of aryl methyl sites for hydroxylation is 2. The molecule has 0 amide bonds. The van der Waals surface area contributed by atoms with Crippen molar-refractivity contribution >= 4 is 5.82 Å². The number of rotatable bonds is 7. The maximum atomic E-state index is 9.35. The molecule has 1 aliphatic carbocycles. The van der Waals surface area contributed by atoms with Crippen molar-refractivity contribution in [2.45, 2.75) is 77.7 Å². The first-order valence-corrected chi connectivity index (χ1v) is 8.44. The van der Waals surface area contributed by atoms with Gasteiger partial charge in [0.1, 0.15) is 11.9 Å². The van der Waals surface area contributed by atoms with Gasteiger partial charge in [-0.25, -0.2) is 4.98 Å². The molecular formula is C18H27N3. The summed E-state index contributed by atoms with van der Waals surface area (Å²) in [6.45, 7) is 4.42. The van der Waals surface area contributed by atoms with Crippen LogP contribution in [0.5, 0.6) is 0 Å². The van der Waals surface area contributed by atoms with Crippen LogP contribution >= 0.6 is 0 Å². The molecule has 0 spiro atoms. The first kappa shape index (κ1) is 15.8. The summed E-state index contributed by atoms with van der Waals surface area (Å²) in [6, 6.07) is 4.73. The third-order valence-corrected chi connectivity index (χ3v) is 4.30. The van der Waals surface area contributed by atoms with Crippen LogP contribution < -0.4 is 5.32 Å². The van der Waals surface area contributed by atoms with Crippen molar-refractivity contribution in [3.63, 3.8) is 0 Å². The molecule has 0 aliphatic heterocycles. The van der Waals surface area contributed by atoms with Crippen molar-refractivity contribution in [1.82, 2.24) is 4.98 Å². The Morgan fingerprint density at radius 1 is 1.29 bits per heavy atom. The molecule has 3 nitrogen and oxygen atoms in total. The SMILES string of the molecule is CCCCCCC(C)Nc1nc2c(cc1C#N)CCCC2. The zero-order valence-corrected chi connectivity index (χ0v) is 13.4. The quantitative estimate of drug-likeness (QED) is 0.745. The van der Waals surface area contributed by atoms with Crippen molar-refractivity contribution in [2.75, 3.05) is 5.32 Å². The average Bonchev–Trinajstić information content (AvgIpc) is 2.51. The minimum atomic E-state index is 0.378. The van der Waals surface area contributed by atoms with E-state index in [0.717, 1.165) is 25.1 Å². The summed E-state index contributed by atoms with van der Waals surface area (Å²) in [4.78, 5) is 4.73. The van der Waals surface area contributed by atoms with Crippen LogP contribution in [0.3, 0.4) is 0 Å². The summed E-state index contributed by atoms with van der Waals surface area (Å²) in [5, 5.41) is 12.8. The second kappa shape index (κ2) is 8.02. The summed E-state index contributed by atoms with van der Waals surface area (Å²) < 4.78 is 0. The van der Waals surface area contributed by atoms with E-state index in [1.165, 1.54) is 49.8 Å². The molecule has 0 aromatic carbocycles. The van der Waals surface area contributed by atoms with Crippen LogP contribution in [-0.2, 0) is 12.8 Å². The van der Waals surface area contributed by atoms with Crippen LogP contribution in [0.15, 0.2) is 6.07 Å². The molecule has 2 rings (SSSR count). The van der Waals surface area contributed by atoms with E-state index in [1.807, 2.05) is 6.07 Å². The van der Waals surface area contributed by atoms with Gasteiger partial charge in [0.15, 0.2) is 0 Å². The highest BCUT2D eigenvalue weighted by Crippen LogP contribution is 2.25. The van der Waals surface area contributed by atoms with Gasteiger partial charge in [-0.2, -0.15) is 5.26 Å². The van der Waals surface area contributed by atoms with Crippen LogP contribution in [0.25, 0.3) is 0 Å². The molecule has 0 bridgehead atoms. The van der Waals surface area contributed by atoms with E-state index < -0.39 is 0 Å². The van der Waals surface area contributed by atoms with Gasteiger partial charge in [-0.05, 0) is 50.7 Å². The molecule has 0 fully saturated rings. The van der Waals surface area contributed by atoms with E-state index in [-0.39, 0.29) is 0 Å². The lowest BCUT2D eigenvalue weighted by Gasteiger charge is -2.20. The molecule has 1 aromatic heterocycles. The lowest BCUT2D eigenvalue weighted by Crippen LogP contribution is -2.18. The number of nitriles is 1. The normalized spacial score (nSPS) is 15.1. The molecular weight excluding hydrogens is 258 g/mol. The Labute approximate surface area is 128 Å². The van der Waals surface area contributed by atoms with E-state index in [0.29, 0.717) is 11.6 Å². The predicted molar refractivity (Wildman–Crippen MR) is 87.4 cm³/mol. The summed E-state index contributed by atoms with van der Waals surface area (Å²) in [5.41, 5.74) is 3.18. The summed E-state index contributed by atoms with van der Waals surface area (Å²) in [5.74, 6) is 0.793. The second-order valence-electron chi connectivity index (χ2n) is 6.20. The van der Waals surface area contributed by atoms with Crippen molar-refractivity contribution in [2.24, 2.45) is 0 Å². The highest BCUT2D eigenvalue weighted by atomic mass is 15.0. The van der Waals surface area contributed by atoms with Gasteiger partial charge in [0.25, 0.3) is 0 Å². The third-order valence-electron chi connectivity index (χ3n) is 4.30. The third kappa shape index (κ3) is 4.46. The molecule has 1 heterocycles. The fourth-order valence-electron chi connectivity index (χ4n) is 3.01. The van der Waals surface area contributed by atoms with E-state index in [9.17, 15) is 5.26 Å². The topological polar surface area (TPSA) is 48.7 Å².